The summed E-state index contributed by atoms with van der Waals surface area (Å²) in [4.78, 5) is 11.8. The van der Waals surface area contributed by atoms with Crippen molar-refractivity contribution in [2.75, 3.05) is 7.11 Å². The van der Waals surface area contributed by atoms with E-state index in [1.165, 1.54) is 12.7 Å². The van der Waals surface area contributed by atoms with E-state index < -0.39 is 0 Å². The average Bonchev–Trinajstić information content (AvgIpc) is 2.65. The number of ether oxygens (including phenoxy) is 1. The molecule has 0 aliphatic heterocycles. The molecule has 0 aliphatic carbocycles. The third kappa shape index (κ3) is 1.96. The minimum atomic E-state index is -0.360. The van der Waals surface area contributed by atoms with E-state index in [1.54, 1.807) is 10.6 Å². The van der Waals surface area contributed by atoms with Crippen LogP contribution in [0.1, 0.15) is 11.3 Å². The van der Waals surface area contributed by atoms with E-state index in [4.69, 9.17) is 4.74 Å². The van der Waals surface area contributed by atoms with Crippen molar-refractivity contribution in [2.45, 2.75) is 13.3 Å². The normalized spacial score (nSPS) is 10.5. The van der Waals surface area contributed by atoms with Gasteiger partial charge in [0.15, 0.2) is 0 Å². The monoisotopic (exact) mass is 229 g/mol. The Morgan fingerprint density at radius 1 is 1.47 bits per heavy atom. The molecule has 3 heteroatoms. The highest BCUT2D eigenvalue weighted by Crippen LogP contribution is 2.22. The van der Waals surface area contributed by atoms with Crippen LogP contribution in [-0.2, 0) is 11.2 Å². The molecule has 2 aromatic rings. The van der Waals surface area contributed by atoms with Crippen LogP contribution in [0.5, 0.6) is 0 Å². The fourth-order valence-corrected chi connectivity index (χ4v) is 2.00. The maximum Gasteiger partial charge on any atom is 0.418 e. The van der Waals surface area contributed by atoms with Gasteiger partial charge in [-0.1, -0.05) is 17.7 Å². The molecule has 1 aromatic heterocycles. The fraction of sp³-hybridized carbons (Fsp3) is 0.214. The van der Waals surface area contributed by atoms with Gasteiger partial charge in [-0.15, -0.1) is 6.58 Å². The van der Waals surface area contributed by atoms with Crippen molar-refractivity contribution in [3.05, 3.63) is 48.2 Å². The smallest absolute Gasteiger partial charge is 0.418 e. The maximum absolute atomic E-state index is 11.8. The molecular formula is C14H15NO2. The Hall–Kier alpha value is -2.03. The summed E-state index contributed by atoms with van der Waals surface area (Å²) in [5.41, 5.74) is 2.94. The molecule has 3 nitrogen and oxygen atoms in total. The molecule has 0 saturated heterocycles. The summed E-state index contributed by atoms with van der Waals surface area (Å²) in [6.07, 6.45) is 2.06. The van der Waals surface area contributed by atoms with Crippen molar-refractivity contribution in [2.24, 2.45) is 0 Å². The van der Waals surface area contributed by atoms with Crippen LogP contribution in [-0.4, -0.2) is 17.8 Å². The largest absolute Gasteiger partial charge is 0.452 e. The number of carbonyl (C=O) groups is 1. The van der Waals surface area contributed by atoms with Gasteiger partial charge in [0.2, 0.25) is 0 Å². The average molecular weight is 229 g/mol. The van der Waals surface area contributed by atoms with Crippen LogP contribution in [0.15, 0.2) is 36.9 Å². The predicted octanol–water partition coefficient (Wildman–Crippen LogP) is 3.29. The lowest BCUT2D eigenvalue weighted by atomic mass is 10.2. The summed E-state index contributed by atoms with van der Waals surface area (Å²) < 4.78 is 6.40. The highest BCUT2D eigenvalue weighted by molar-refractivity contribution is 5.91. The first kappa shape index (κ1) is 11.5. The number of hydrogen-bond donors (Lipinski definition) is 0. The van der Waals surface area contributed by atoms with Crippen molar-refractivity contribution in [3.8, 4) is 0 Å². The third-order valence-electron chi connectivity index (χ3n) is 2.74. The lowest BCUT2D eigenvalue weighted by Gasteiger charge is -2.06. The molecular weight excluding hydrogens is 214 g/mol. The van der Waals surface area contributed by atoms with Gasteiger partial charge in [0.25, 0.3) is 0 Å². The summed E-state index contributed by atoms with van der Waals surface area (Å²) in [5.74, 6) is 0. The topological polar surface area (TPSA) is 31.2 Å². The standard InChI is InChI=1S/C14H15NO2/c1-4-5-12-9-11-8-10(2)6-7-13(11)15(12)14(16)17-3/h4,6-9H,1,5H2,2-3H3. The molecule has 1 heterocycles. The van der Waals surface area contributed by atoms with E-state index in [1.807, 2.05) is 25.1 Å². The number of rotatable bonds is 2. The zero-order chi connectivity index (χ0) is 12.4. The molecule has 17 heavy (non-hydrogen) atoms. The van der Waals surface area contributed by atoms with Crippen molar-refractivity contribution >= 4 is 17.0 Å². The number of aromatic nitrogens is 1. The molecule has 1 aromatic carbocycles. The highest BCUT2D eigenvalue weighted by Gasteiger charge is 2.14. The molecule has 0 atom stereocenters. The minimum Gasteiger partial charge on any atom is -0.452 e. The number of methoxy groups -OCH3 is 1. The zero-order valence-corrected chi connectivity index (χ0v) is 10.1. The molecule has 0 saturated carbocycles. The van der Waals surface area contributed by atoms with Gasteiger partial charge >= 0.3 is 6.09 Å². The van der Waals surface area contributed by atoms with Crippen LogP contribution in [0.2, 0.25) is 0 Å². The summed E-state index contributed by atoms with van der Waals surface area (Å²) >= 11 is 0. The van der Waals surface area contributed by atoms with E-state index in [0.29, 0.717) is 6.42 Å². The van der Waals surface area contributed by atoms with Gasteiger partial charge < -0.3 is 4.74 Å². The molecule has 0 spiro atoms. The first-order valence-electron chi connectivity index (χ1n) is 5.47. The van der Waals surface area contributed by atoms with Crippen molar-refractivity contribution in [1.29, 1.82) is 0 Å². The van der Waals surface area contributed by atoms with Gasteiger partial charge in [-0.05, 0) is 25.1 Å². The van der Waals surface area contributed by atoms with Crippen molar-refractivity contribution < 1.29 is 9.53 Å². The van der Waals surface area contributed by atoms with Gasteiger partial charge in [-0.2, -0.15) is 0 Å². The van der Waals surface area contributed by atoms with E-state index in [-0.39, 0.29) is 6.09 Å². The van der Waals surface area contributed by atoms with Gasteiger partial charge in [0.05, 0.1) is 12.6 Å². The Morgan fingerprint density at radius 2 is 2.24 bits per heavy atom. The van der Waals surface area contributed by atoms with Crippen molar-refractivity contribution in [1.82, 2.24) is 4.57 Å². The number of nitrogens with zero attached hydrogens (tertiary/aromatic N) is 1. The Bertz CT molecular complexity index is 581. The van der Waals surface area contributed by atoms with Crippen LogP contribution < -0.4 is 0 Å². The quantitative estimate of drug-likeness (QED) is 0.740. The van der Waals surface area contributed by atoms with Gasteiger partial charge in [-0.3, -0.25) is 0 Å². The SMILES string of the molecule is C=CCc1cc2cc(C)ccc2n1C(=O)OC. The number of benzene rings is 1. The number of fused-ring (bicyclic) bond motifs is 1. The molecule has 88 valence electrons. The Balaban J connectivity index is 2.70. The Labute approximate surface area is 100 Å². The Morgan fingerprint density at radius 3 is 2.88 bits per heavy atom. The molecule has 2 rings (SSSR count). The van der Waals surface area contributed by atoms with E-state index >= 15 is 0 Å². The van der Waals surface area contributed by atoms with Gasteiger partial charge in [0.1, 0.15) is 0 Å². The maximum atomic E-state index is 11.8. The van der Waals surface area contributed by atoms with E-state index in [0.717, 1.165) is 16.6 Å². The van der Waals surface area contributed by atoms with Crippen LogP contribution in [0, 0.1) is 6.92 Å². The fourth-order valence-electron chi connectivity index (χ4n) is 2.00. The first-order valence-corrected chi connectivity index (χ1v) is 5.47. The summed E-state index contributed by atoms with van der Waals surface area (Å²) in [6, 6.07) is 7.98. The summed E-state index contributed by atoms with van der Waals surface area (Å²) in [7, 11) is 1.39. The zero-order valence-electron chi connectivity index (χ0n) is 10.1. The lowest BCUT2D eigenvalue weighted by Crippen LogP contribution is -2.13. The molecule has 0 bridgehead atoms. The van der Waals surface area contributed by atoms with Crippen LogP contribution in [0.4, 0.5) is 4.79 Å². The van der Waals surface area contributed by atoms with Crippen LogP contribution in [0.3, 0.4) is 0 Å². The molecule has 0 fully saturated rings. The van der Waals surface area contributed by atoms with Crippen molar-refractivity contribution in [3.63, 3.8) is 0 Å². The second kappa shape index (κ2) is 4.45. The van der Waals surface area contributed by atoms with Gasteiger partial charge in [-0.25, -0.2) is 9.36 Å². The molecule has 0 N–H and O–H groups in total. The van der Waals surface area contributed by atoms with Gasteiger partial charge in [0, 0.05) is 17.5 Å². The molecule has 0 radical (unpaired) electrons. The second-order valence-electron chi connectivity index (χ2n) is 4.00. The number of hydrogen-bond acceptors (Lipinski definition) is 2. The van der Waals surface area contributed by atoms with E-state index in [9.17, 15) is 4.79 Å². The number of aryl methyl sites for hydroxylation is 1. The Kier molecular flexibility index (Phi) is 3.00. The summed E-state index contributed by atoms with van der Waals surface area (Å²) in [6.45, 7) is 5.73. The third-order valence-corrected chi connectivity index (χ3v) is 2.74. The number of carbonyl (C=O) groups excluding carboxylic acids is 1. The van der Waals surface area contributed by atoms with Crippen LogP contribution in [0.25, 0.3) is 10.9 Å². The lowest BCUT2D eigenvalue weighted by molar-refractivity contribution is 0.173. The van der Waals surface area contributed by atoms with Crippen LogP contribution >= 0.6 is 0 Å². The van der Waals surface area contributed by atoms with E-state index in [2.05, 4.69) is 12.6 Å². The minimum absolute atomic E-state index is 0.360. The molecule has 0 unspecified atom stereocenters. The predicted molar refractivity (Wildman–Crippen MR) is 68.4 cm³/mol. The molecule has 0 amide bonds. The number of allylic oxidation sites excluding steroid dienone is 1. The first-order chi connectivity index (χ1) is 8.17. The summed E-state index contributed by atoms with van der Waals surface area (Å²) in [5, 5.41) is 1.05. The second-order valence-corrected chi connectivity index (χ2v) is 4.00. The highest BCUT2D eigenvalue weighted by atomic mass is 16.5. The molecule has 0 aliphatic rings.